The molecule has 39 heavy (non-hydrogen) atoms. The molecule has 1 aliphatic carbocycles. The van der Waals surface area contributed by atoms with Gasteiger partial charge in [-0.1, -0.05) is 54.9 Å². The maximum absolute atomic E-state index is 13.4. The Morgan fingerprint density at radius 3 is 2.33 bits per heavy atom. The van der Waals surface area contributed by atoms with Gasteiger partial charge >= 0.3 is 5.97 Å². The third-order valence-electron chi connectivity index (χ3n) is 9.68. The molecule has 218 valence electrons. The minimum Gasteiger partial charge on any atom is -0.458 e. The van der Waals surface area contributed by atoms with Crippen LogP contribution in [-0.4, -0.2) is 51.0 Å². The van der Waals surface area contributed by atoms with E-state index >= 15 is 0 Å². The number of fused-ring (bicyclic) bond motifs is 1. The van der Waals surface area contributed by atoms with Gasteiger partial charge in [-0.3, -0.25) is 14.4 Å². The van der Waals surface area contributed by atoms with Crippen molar-refractivity contribution < 1.29 is 29.3 Å². The lowest BCUT2D eigenvalue weighted by Gasteiger charge is -2.58. The molecule has 1 aliphatic heterocycles. The molecule has 1 aromatic heterocycles. The van der Waals surface area contributed by atoms with E-state index in [0.717, 1.165) is 22.7 Å². The van der Waals surface area contributed by atoms with Crippen molar-refractivity contribution in [1.82, 2.24) is 4.98 Å². The van der Waals surface area contributed by atoms with Crippen LogP contribution in [0.5, 0.6) is 0 Å². The zero-order chi connectivity index (χ0) is 29.5. The molecule has 0 bridgehead atoms. The normalized spacial score (nSPS) is 36.6. The first-order valence-electron chi connectivity index (χ1n) is 14.2. The van der Waals surface area contributed by atoms with Gasteiger partial charge in [0.25, 0.3) is 0 Å². The summed E-state index contributed by atoms with van der Waals surface area (Å²) in [6, 6.07) is 0. The van der Waals surface area contributed by atoms with Crippen LogP contribution in [0.15, 0.2) is 11.0 Å². The van der Waals surface area contributed by atoms with Crippen LogP contribution < -0.4 is 0 Å². The maximum Gasteiger partial charge on any atom is 0.309 e. The predicted molar refractivity (Wildman–Crippen MR) is 153 cm³/mol. The Kier molecular flexibility index (Phi) is 9.35. The summed E-state index contributed by atoms with van der Waals surface area (Å²) in [6.07, 6.45) is 1.37. The largest absolute Gasteiger partial charge is 0.458 e. The van der Waals surface area contributed by atoms with Gasteiger partial charge in [0.2, 0.25) is 0 Å². The molecule has 0 spiro atoms. The van der Waals surface area contributed by atoms with E-state index in [-0.39, 0.29) is 29.8 Å². The Morgan fingerprint density at radius 2 is 1.74 bits per heavy atom. The zero-order valence-corrected chi connectivity index (χ0v) is 25.9. The SMILES string of the molecule is C/C(=C\c1csc(C)n1)C1CC2C(C)(C)C(=O)C2(C)CCCC(C)C(O)C(C)C(=O)C(C)(C)C(O)CC(=O)O1. The molecule has 1 aromatic rings. The monoisotopic (exact) mass is 561 g/mol. The van der Waals surface area contributed by atoms with Crippen LogP contribution in [-0.2, 0) is 19.1 Å². The van der Waals surface area contributed by atoms with Crippen molar-refractivity contribution in [3.8, 4) is 0 Å². The van der Waals surface area contributed by atoms with Crippen LogP contribution in [0, 0.1) is 40.9 Å². The molecule has 0 aromatic carbocycles. The van der Waals surface area contributed by atoms with Gasteiger partial charge in [0.15, 0.2) is 0 Å². The number of ether oxygens (including phenoxy) is 1. The number of carbonyl (C=O) groups is 3. The second-order valence-corrected chi connectivity index (χ2v) is 14.4. The Hall–Kier alpha value is -1.90. The summed E-state index contributed by atoms with van der Waals surface area (Å²) in [5.41, 5.74) is -0.761. The van der Waals surface area contributed by atoms with Gasteiger partial charge in [-0.2, -0.15) is 0 Å². The minimum atomic E-state index is -1.27. The lowest BCUT2D eigenvalue weighted by molar-refractivity contribution is -0.175. The molecule has 1 saturated carbocycles. The number of hydrogen-bond acceptors (Lipinski definition) is 8. The molecular weight excluding hydrogens is 514 g/mol. The highest BCUT2D eigenvalue weighted by Gasteiger charge is 2.63. The highest BCUT2D eigenvalue weighted by molar-refractivity contribution is 7.09. The Morgan fingerprint density at radius 1 is 1.10 bits per heavy atom. The molecule has 2 heterocycles. The van der Waals surface area contributed by atoms with E-state index in [9.17, 15) is 24.6 Å². The predicted octanol–water partition coefficient (Wildman–Crippen LogP) is 5.55. The number of thiazole rings is 1. The van der Waals surface area contributed by atoms with Crippen LogP contribution in [0.4, 0.5) is 0 Å². The van der Waals surface area contributed by atoms with E-state index in [1.165, 1.54) is 0 Å². The Balaban J connectivity index is 2.00. The second kappa shape index (κ2) is 11.5. The third kappa shape index (κ3) is 6.23. The average molecular weight is 562 g/mol. The number of aliphatic hydroxyl groups is 2. The Labute approximate surface area is 237 Å². The number of cyclic esters (lactones) is 1. The van der Waals surface area contributed by atoms with Gasteiger partial charge in [0.05, 0.1) is 34.7 Å². The molecule has 3 rings (SSSR count). The van der Waals surface area contributed by atoms with Crippen LogP contribution in [0.1, 0.15) is 98.2 Å². The number of nitrogens with zero attached hydrogens (tertiary/aromatic N) is 1. The summed E-state index contributed by atoms with van der Waals surface area (Å²) in [6.45, 7) is 16.6. The molecule has 1 saturated heterocycles. The number of carbonyl (C=O) groups excluding carboxylic acids is 3. The fourth-order valence-electron chi connectivity index (χ4n) is 6.91. The van der Waals surface area contributed by atoms with Crippen molar-refractivity contribution in [3.63, 3.8) is 0 Å². The lowest BCUT2D eigenvalue weighted by Crippen LogP contribution is -2.62. The fraction of sp³-hybridized carbons (Fsp3) is 0.742. The van der Waals surface area contributed by atoms with Gasteiger partial charge < -0.3 is 14.9 Å². The minimum absolute atomic E-state index is 0.0224. The summed E-state index contributed by atoms with van der Waals surface area (Å²) in [5, 5.41) is 24.9. The van der Waals surface area contributed by atoms with Crippen LogP contribution in [0.25, 0.3) is 6.08 Å². The summed E-state index contributed by atoms with van der Waals surface area (Å²) in [5.74, 6) is -1.57. The van der Waals surface area contributed by atoms with E-state index < -0.39 is 46.4 Å². The third-order valence-corrected chi connectivity index (χ3v) is 10.5. The number of esters is 1. The van der Waals surface area contributed by atoms with Crippen molar-refractivity contribution in [2.75, 3.05) is 0 Å². The van der Waals surface area contributed by atoms with Crippen molar-refractivity contribution in [1.29, 1.82) is 0 Å². The van der Waals surface area contributed by atoms with Gasteiger partial charge in [-0.25, -0.2) is 4.98 Å². The number of aromatic nitrogens is 1. The van der Waals surface area contributed by atoms with E-state index in [4.69, 9.17) is 4.74 Å². The summed E-state index contributed by atoms with van der Waals surface area (Å²) in [4.78, 5) is 44.5. The van der Waals surface area contributed by atoms with E-state index in [1.807, 2.05) is 53.0 Å². The van der Waals surface area contributed by atoms with Gasteiger partial charge in [-0.15, -0.1) is 11.3 Å². The van der Waals surface area contributed by atoms with Crippen LogP contribution in [0.3, 0.4) is 0 Å². The molecule has 0 amide bonds. The highest BCUT2D eigenvalue weighted by Crippen LogP contribution is 2.60. The van der Waals surface area contributed by atoms with Gasteiger partial charge in [0.1, 0.15) is 17.7 Å². The molecule has 2 fully saturated rings. The van der Waals surface area contributed by atoms with Crippen LogP contribution in [0.2, 0.25) is 0 Å². The van der Waals surface area contributed by atoms with Crippen LogP contribution >= 0.6 is 11.3 Å². The standard InChI is InChI=1S/C31H47NO6S/c1-17-11-10-12-31(9)23(29(5,6)28(31)37)14-22(18(2)13-21-16-39-20(4)32-21)38-25(34)15-24(33)30(7,8)27(36)19(3)26(17)35/h13,16-17,19,22-24,26,33,35H,10-12,14-15H2,1-9H3/b18-13+. The van der Waals surface area contributed by atoms with Gasteiger partial charge in [0, 0.05) is 22.1 Å². The zero-order valence-electron chi connectivity index (χ0n) is 25.0. The molecule has 2 N–H and O–H groups in total. The number of rotatable bonds is 2. The van der Waals surface area contributed by atoms with E-state index in [1.54, 1.807) is 32.1 Å². The summed E-state index contributed by atoms with van der Waals surface area (Å²) in [7, 11) is 0. The topological polar surface area (TPSA) is 114 Å². The average Bonchev–Trinajstić information content (AvgIpc) is 3.27. The van der Waals surface area contributed by atoms with Crippen molar-refractivity contribution in [2.24, 2.45) is 34.0 Å². The van der Waals surface area contributed by atoms with Crippen molar-refractivity contribution in [3.05, 3.63) is 21.7 Å². The number of aryl methyl sites for hydroxylation is 1. The number of ketones is 2. The van der Waals surface area contributed by atoms with Crippen molar-refractivity contribution >= 4 is 34.9 Å². The van der Waals surface area contributed by atoms with Crippen molar-refractivity contribution in [2.45, 2.75) is 113 Å². The van der Waals surface area contributed by atoms with E-state index in [2.05, 4.69) is 4.98 Å². The fourth-order valence-corrected chi connectivity index (χ4v) is 7.48. The second-order valence-electron chi connectivity index (χ2n) is 13.4. The molecule has 8 heteroatoms. The summed E-state index contributed by atoms with van der Waals surface area (Å²) < 4.78 is 6.02. The molecule has 7 nitrogen and oxygen atoms in total. The first kappa shape index (κ1) is 31.6. The number of aliphatic hydroxyl groups excluding tert-OH is 2. The summed E-state index contributed by atoms with van der Waals surface area (Å²) >= 11 is 1.54. The quantitative estimate of drug-likeness (QED) is 0.455. The Bertz CT molecular complexity index is 1120. The number of hydrogen-bond donors (Lipinski definition) is 2. The number of Topliss-reactive ketones (excluding diaryl/α,β-unsaturated/α-hetero) is 2. The van der Waals surface area contributed by atoms with E-state index in [0.29, 0.717) is 19.3 Å². The van der Waals surface area contributed by atoms with Gasteiger partial charge in [-0.05, 0) is 56.6 Å². The molecular formula is C31H47NO6S. The highest BCUT2D eigenvalue weighted by atomic mass is 32.1. The lowest BCUT2D eigenvalue weighted by atomic mass is 9.43. The first-order valence-corrected chi connectivity index (χ1v) is 15.1. The smallest absolute Gasteiger partial charge is 0.309 e. The molecule has 7 atom stereocenters. The molecule has 7 unspecified atom stereocenters. The maximum atomic E-state index is 13.4. The first-order chi connectivity index (χ1) is 17.9. The molecule has 0 radical (unpaired) electrons. The molecule has 2 aliphatic rings.